The quantitative estimate of drug-likeness (QED) is 0.765. The van der Waals surface area contributed by atoms with E-state index in [4.69, 9.17) is 19.6 Å². The molecule has 1 aromatic carbocycles. The molecule has 6 nitrogen and oxygen atoms in total. The van der Waals surface area contributed by atoms with Gasteiger partial charge in [0, 0.05) is 27.3 Å². The first-order valence-electron chi connectivity index (χ1n) is 6.14. The smallest absolute Gasteiger partial charge is 0.298 e. The number of nitrogen functional groups attached to an aromatic ring is 1. The lowest BCUT2D eigenvalue weighted by atomic mass is 10.3. The molecule has 0 aliphatic heterocycles. The molecule has 0 fully saturated rings. The van der Waals surface area contributed by atoms with Crippen molar-refractivity contribution in [1.29, 1.82) is 0 Å². The average molecular weight is 265 g/mol. The summed E-state index contributed by atoms with van der Waals surface area (Å²) in [5.74, 6) is 0. The zero-order valence-electron chi connectivity index (χ0n) is 11.3. The zero-order chi connectivity index (χ0) is 13.7. The number of nitrogens with zero attached hydrogens (tertiary/aromatic N) is 2. The third-order valence-electron chi connectivity index (χ3n) is 2.84. The van der Waals surface area contributed by atoms with Crippen LogP contribution in [0.2, 0.25) is 0 Å². The molecule has 0 spiro atoms. The van der Waals surface area contributed by atoms with Gasteiger partial charge in [-0.3, -0.25) is 0 Å². The molecule has 0 aliphatic rings. The van der Waals surface area contributed by atoms with Gasteiger partial charge in [0.15, 0.2) is 5.58 Å². The van der Waals surface area contributed by atoms with Gasteiger partial charge >= 0.3 is 0 Å². The number of ether oxygens (including phenoxy) is 2. The molecule has 0 amide bonds. The largest absolute Gasteiger partial charge is 0.423 e. The number of hydrogen-bond donors (Lipinski definition) is 1. The lowest BCUT2D eigenvalue weighted by molar-refractivity contribution is 0.188. The minimum absolute atomic E-state index is 0.544. The van der Waals surface area contributed by atoms with Gasteiger partial charge in [-0.15, -0.1) is 0 Å². The number of oxazole rings is 1. The highest BCUT2D eigenvalue weighted by atomic mass is 16.5. The summed E-state index contributed by atoms with van der Waals surface area (Å²) in [7, 11) is 3.33. The van der Waals surface area contributed by atoms with Gasteiger partial charge in [0.2, 0.25) is 0 Å². The van der Waals surface area contributed by atoms with E-state index in [1.165, 1.54) is 0 Å². The molecule has 104 valence electrons. The summed E-state index contributed by atoms with van der Waals surface area (Å²) < 4.78 is 15.9. The Morgan fingerprint density at radius 2 is 1.89 bits per heavy atom. The first kappa shape index (κ1) is 13.6. The Morgan fingerprint density at radius 3 is 2.47 bits per heavy atom. The SMILES string of the molecule is COCCN(CCOC)c1nc2c(N)cccc2o1. The summed E-state index contributed by atoms with van der Waals surface area (Å²) in [6, 6.07) is 6.05. The van der Waals surface area contributed by atoms with Gasteiger partial charge in [-0.05, 0) is 12.1 Å². The highest BCUT2D eigenvalue weighted by molar-refractivity contribution is 5.86. The van der Waals surface area contributed by atoms with Crippen molar-refractivity contribution in [2.45, 2.75) is 0 Å². The standard InChI is InChI=1S/C13H19N3O3/c1-17-8-6-16(7-9-18-2)13-15-12-10(14)4-3-5-11(12)19-13/h3-5H,6-9,14H2,1-2H3. The molecule has 1 heterocycles. The Labute approximate surface area is 112 Å². The lowest BCUT2D eigenvalue weighted by Gasteiger charge is -2.19. The van der Waals surface area contributed by atoms with Crippen LogP contribution in [0.4, 0.5) is 11.7 Å². The maximum atomic E-state index is 5.88. The van der Waals surface area contributed by atoms with E-state index in [1.807, 2.05) is 23.1 Å². The third-order valence-corrected chi connectivity index (χ3v) is 2.84. The molecule has 0 bridgehead atoms. The molecule has 2 N–H and O–H groups in total. The van der Waals surface area contributed by atoms with Crippen molar-refractivity contribution in [3.05, 3.63) is 18.2 Å². The van der Waals surface area contributed by atoms with Gasteiger partial charge < -0.3 is 24.5 Å². The predicted octanol–water partition coefficient (Wildman–Crippen LogP) is 1.51. The summed E-state index contributed by atoms with van der Waals surface area (Å²) in [4.78, 5) is 6.42. The van der Waals surface area contributed by atoms with E-state index >= 15 is 0 Å². The van der Waals surface area contributed by atoms with Crippen LogP contribution in [0.3, 0.4) is 0 Å². The van der Waals surface area contributed by atoms with Crippen molar-refractivity contribution in [2.75, 3.05) is 51.2 Å². The second-order valence-corrected chi connectivity index (χ2v) is 4.16. The second-order valence-electron chi connectivity index (χ2n) is 4.16. The Bertz CT molecular complexity index is 519. The Balaban J connectivity index is 2.24. The molecular weight excluding hydrogens is 246 g/mol. The van der Waals surface area contributed by atoms with Gasteiger partial charge in [-0.1, -0.05) is 6.07 Å². The van der Waals surface area contributed by atoms with Crippen LogP contribution in [0.15, 0.2) is 22.6 Å². The van der Waals surface area contributed by atoms with E-state index < -0.39 is 0 Å². The summed E-state index contributed by atoms with van der Waals surface area (Å²) in [5.41, 5.74) is 7.88. The van der Waals surface area contributed by atoms with Crippen LogP contribution >= 0.6 is 0 Å². The van der Waals surface area contributed by atoms with Crippen molar-refractivity contribution < 1.29 is 13.9 Å². The van der Waals surface area contributed by atoms with Crippen LogP contribution in [0.5, 0.6) is 0 Å². The average Bonchev–Trinajstić information content (AvgIpc) is 2.84. The molecule has 1 aromatic heterocycles. The summed E-state index contributed by atoms with van der Waals surface area (Å²) >= 11 is 0. The number of nitrogens with two attached hydrogens (primary N) is 1. The molecule has 2 aromatic rings. The topological polar surface area (TPSA) is 73.8 Å². The molecule has 0 radical (unpaired) electrons. The number of benzene rings is 1. The summed E-state index contributed by atoms with van der Waals surface area (Å²) in [6.45, 7) is 2.56. The Hall–Kier alpha value is -1.79. The van der Waals surface area contributed by atoms with Crippen molar-refractivity contribution in [3.8, 4) is 0 Å². The van der Waals surface area contributed by atoms with Crippen molar-refractivity contribution >= 4 is 22.8 Å². The number of methoxy groups -OCH3 is 2. The fourth-order valence-corrected chi connectivity index (χ4v) is 1.80. The monoisotopic (exact) mass is 265 g/mol. The Morgan fingerprint density at radius 1 is 1.21 bits per heavy atom. The van der Waals surface area contributed by atoms with E-state index in [-0.39, 0.29) is 0 Å². The van der Waals surface area contributed by atoms with Crippen molar-refractivity contribution in [3.63, 3.8) is 0 Å². The molecule has 0 saturated heterocycles. The minimum Gasteiger partial charge on any atom is -0.423 e. The number of rotatable bonds is 7. The fraction of sp³-hybridized carbons (Fsp3) is 0.462. The van der Waals surface area contributed by atoms with Crippen LogP contribution < -0.4 is 10.6 Å². The van der Waals surface area contributed by atoms with Gasteiger partial charge in [0.25, 0.3) is 6.01 Å². The highest BCUT2D eigenvalue weighted by Gasteiger charge is 2.14. The van der Waals surface area contributed by atoms with E-state index in [0.29, 0.717) is 49.1 Å². The number of hydrogen-bond acceptors (Lipinski definition) is 6. The number of aromatic nitrogens is 1. The van der Waals surface area contributed by atoms with Crippen molar-refractivity contribution in [2.24, 2.45) is 0 Å². The third kappa shape index (κ3) is 3.15. The van der Waals surface area contributed by atoms with Crippen LogP contribution in [-0.2, 0) is 9.47 Å². The van der Waals surface area contributed by atoms with E-state index in [0.717, 1.165) is 0 Å². The minimum atomic E-state index is 0.544. The molecule has 0 saturated carbocycles. The highest BCUT2D eigenvalue weighted by Crippen LogP contribution is 2.25. The van der Waals surface area contributed by atoms with E-state index in [1.54, 1.807) is 14.2 Å². The molecule has 6 heteroatoms. The van der Waals surface area contributed by atoms with Crippen LogP contribution in [0.1, 0.15) is 0 Å². The molecule has 0 aliphatic carbocycles. The Kier molecular flexibility index (Phi) is 4.59. The number of anilines is 2. The maximum Gasteiger partial charge on any atom is 0.298 e. The summed E-state index contributed by atoms with van der Waals surface area (Å²) in [6.07, 6.45) is 0. The fourth-order valence-electron chi connectivity index (χ4n) is 1.80. The van der Waals surface area contributed by atoms with E-state index in [9.17, 15) is 0 Å². The molecule has 0 unspecified atom stereocenters. The van der Waals surface area contributed by atoms with Gasteiger partial charge in [-0.25, -0.2) is 0 Å². The van der Waals surface area contributed by atoms with Gasteiger partial charge in [-0.2, -0.15) is 4.98 Å². The van der Waals surface area contributed by atoms with Crippen molar-refractivity contribution in [1.82, 2.24) is 4.98 Å². The molecule has 0 atom stereocenters. The first-order chi connectivity index (χ1) is 9.26. The number of para-hydroxylation sites is 1. The van der Waals surface area contributed by atoms with Gasteiger partial charge in [0.1, 0.15) is 5.52 Å². The molecule has 2 rings (SSSR count). The maximum absolute atomic E-state index is 5.88. The van der Waals surface area contributed by atoms with Crippen LogP contribution in [0, 0.1) is 0 Å². The molecule has 19 heavy (non-hydrogen) atoms. The molecular formula is C13H19N3O3. The van der Waals surface area contributed by atoms with Crippen LogP contribution in [0.25, 0.3) is 11.1 Å². The summed E-state index contributed by atoms with van der Waals surface area (Å²) in [5, 5.41) is 0. The lowest BCUT2D eigenvalue weighted by Crippen LogP contribution is -2.30. The van der Waals surface area contributed by atoms with Crippen LogP contribution in [-0.4, -0.2) is 45.5 Å². The second kappa shape index (κ2) is 6.40. The zero-order valence-corrected chi connectivity index (χ0v) is 11.3. The first-order valence-corrected chi connectivity index (χ1v) is 6.14. The predicted molar refractivity (Wildman–Crippen MR) is 74.4 cm³/mol. The van der Waals surface area contributed by atoms with E-state index in [2.05, 4.69) is 4.98 Å². The van der Waals surface area contributed by atoms with Gasteiger partial charge in [0.05, 0.1) is 18.9 Å². The number of fused-ring (bicyclic) bond motifs is 1. The normalized spacial score (nSPS) is 11.1.